The molecule has 3 heterocycles. The van der Waals surface area contributed by atoms with E-state index in [1.807, 2.05) is 49.3 Å². The lowest BCUT2D eigenvalue weighted by atomic mass is 9.75. The zero-order valence-electron chi connectivity index (χ0n) is 32.0. The fraction of sp³-hybridized carbons (Fsp3) is 0.413. The molecule has 3 aromatic carbocycles. The molecule has 3 fully saturated rings. The van der Waals surface area contributed by atoms with Gasteiger partial charge in [-0.2, -0.15) is 0 Å². The molecule has 5 aliphatic rings. The van der Waals surface area contributed by atoms with Gasteiger partial charge in [-0.05, 0) is 88.8 Å². The summed E-state index contributed by atoms with van der Waals surface area (Å²) in [4.78, 5) is 50.7. The van der Waals surface area contributed by atoms with E-state index in [0.29, 0.717) is 31.3 Å². The van der Waals surface area contributed by atoms with Crippen molar-refractivity contribution in [3.8, 4) is 11.1 Å². The molecule has 3 aliphatic heterocycles. The van der Waals surface area contributed by atoms with E-state index in [4.69, 9.17) is 14.7 Å². The molecule has 0 aromatic heterocycles. The first kappa shape index (κ1) is 36.7. The molecular weight excluding hydrogens is 687 g/mol. The summed E-state index contributed by atoms with van der Waals surface area (Å²) < 4.78 is 4.78. The summed E-state index contributed by atoms with van der Waals surface area (Å²) in [7, 11) is 1.31. The van der Waals surface area contributed by atoms with Gasteiger partial charge in [-0.3, -0.25) is 19.6 Å². The van der Waals surface area contributed by atoms with Gasteiger partial charge in [0, 0.05) is 61.6 Å². The maximum absolute atomic E-state index is 13.6. The van der Waals surface area contributed by atoms with E-state index in [-0.39, 0.29) is 35.6 Å². The highest BCUT2D eigenvalue weighted by atomic mass is 16.5. The summed E-state index contributed by atoms with van der Waals surface area (Å²) in [5.74, 6) is 1.27. The van der Waals surface area contributed by atoms with E-state index in [0.717, 1.165) is 65.6 Å². The quantitative estimate of drug-likeness (QED) is 0.207. The minimum Gasteiger partial charge on any atom is -0.453 e. The minimum absolute atomic E-state index is 0.0124. The second-order valence-electron chi connectivity index (χ2n) is 16.2. The molecule has 3 aromatic rings. The van der Waals surface area contributed by atoms with Crippen molar-refractivity contribution in [3.05, 3.63) is 108 Å². The molecule has 55 heavy (non-hydrogen) atoms. The van der Waals surface area contributed by atoms with Crippen LogP contribution in [-0.2, 0) is 20.9 Å². The van der Waals surface area contributed by atoms with Gasteiger partial charge in [0.1, 0.15) is 6.04 Å². The first-order valence-electron chi connectivity index (χ1n) is 20.0. The van der Waals surface area contributed by atoms with Crippen LogP contribution in [0.2, 0.25) is 0 Å². The molecule has 3 amide bonds. The van der Waals surface area contributed by atoms with Gasteiger partial charge in [0.25, 0.3) is 0 Å². The van der Waals surface area contributed by atoms with Crippen molar-refractivity contribution in [3.63, 3.8) is 0 Å². The van der Waals surface area contributed by atoms with Crippen molar-refractivity contribution in [2.45, 2.75) is 77.4 Å². The summed E-state index contributed by atoms with van der Waals surface area (Å²) in [6.07, 6.45) is 10.1. The number of nitrogens with zero attached hydrogens (tertiary/aromatic N) is 3. The second kappa shape index (κ2) is 15.8. The Morgan fingerprint density at radius 3 is 2.02 bits per heavy atom. The fourth-order valence-corrected chi connectivity index (χ4v) is 9.71. The maximum atomic E-state index is 13.6. The van der Waals surface area contributed by atoms with Gasteiger partial charge in [0.15, 0.2) is 0 Å². The molecule has 2 saturated carbocycles. The number of rotatable bonds is 11. The lowest BCUT2D eigenvalue weighted by molar-refractivity contribution is -0.134. The third kappa shape index (κ3) is 7.53. The first-order chi connectivity index (χ1) is 26.8. The zero-order valence-corrected chi connectivity index (χ0v) is 32.0. The smallest absolute Gasteiger partial charge is 0.407 e. The number of methoxy groups -OCH3 is 1. The standard InChI is InChI=1S/C46H51N5O4/c1-28(2)43(50-46(54)55-3)45(53)51-21-7-10-40(51)38-23-36(26-47-38)32-15-11-30(12-16-32)31-13-17-33(18-14-31)37-24-39(48-27-37)41-34-19-20-35(22-34)42(41)44(52)49-25-29-8-5-4-6-9-29/h4-6,8-9,11-18,26-28,34-35,40-43H,7,10,19-25H2,1-3H3,(H,49,52)(H,50,54)/t34?,35?,40-,41-,42+,43-/m0/s1. The molecule has 2 unspecified atom stereocenters. The minimum atomic E-state index is -0.644. The summed E-state index contributed by atoms with van der Waals surface area (Å²) in [5, 5.41) is 5.98. The van der Waals surface area contributed by atoms with E-state index >= 15 is 0 Å². The number of fused-ring (bicyclic) bond motifs is 2. The highest BCUT2D eigenvalue weighted by Crippen LogP contribution is 2.54. The van der Waals surface area contributed by atoms with Crippen LogP contribution in [0.1, 0.15) is 75.5 Å². The number of carbonyl (C=O) groups is 3. The van der Waals surface area contributed by atoms with Crippen LogP contribution in [0.15, 0.2) is 101 Å². The maximum Gasteiger partial charge on any atom is 0.407 e. The molecule has 1 saturated heterocycles. The average Bonchev–Trinajstić information content (AvgIpc) is 4.07. The van der Waals surface area contributed by atoms with E-state index in [1.165, 1.54) is 30.4 Å². The summed E-state index contributed by atoms with van der Waals surface area (Å²) in [5.41, 5.74) is 10.2. The normalized spacial score (nSPS) is 24.7. The Bertz CT molecular complexity index is 2050. The summed E-state index contributed by atoms with van der Waals surface area (Å²) >= 11 is 0. The highest BCUT2D eigenvalue weighted by Gasteiger charge is 2.52. The molecule has 2 aliphatic carbocycles. The first-order valence-corrected chi connectivity index (χ1v) is 20.0. The van der Waals surface area contributed by atoms with Crippen LogP contribution in [0.3, 0.4) is 0 Å². The Kier molecular flexibility index (Phi) is 10.5. The van der Waals surface area contributed by atoms with Gasteiger partial charge >= 0.3 is 6.09 Å². The molecule has 2 bridgehead atoms. The van der Waals surface area contributed by atoms with Gasteiger partial charge < -0.3 is 20.3 Å². The van der Waals surface area contributed by atoms with Gasteiger partial charge in [-0.1, -0.05) is 92.7 Å². The highest BCUT2D eigenvalue weighted by molar-refractivity contribution is 6.04. The molecule has 0 radical (unpaired) electrons. The van der Waals surface area contributed by atoms with Crippen LogP contribution in [0.4, 0.5) is 4.79 Å². The third-order valence-electron chi connectivity index (χ3n) is 12.6. The second-order valence-corrected chi connectivity index (χ2v) is 16.2. The lowest BCUT2D eigenvalue weighted by Gasteiger charge is -2.31. The van der Waals surface area contributed by atoms with Crippen LogP contribution in [0, 0.1) is 29.6 Å². The number of likely N-dealkylation sites (tertiary alicyclic amines) is 1. The molecular formula is C46H51N5O4. The van der Waals surface area contributed by atoms with E-state index in [2.05, 4.69) is 71.3 Å². The Morgan fingerprint density at radius 2 is 1.38 bits per heavy atom. The number of benzene rings is 3. The van der Waals surface area contributed by atoms with Crippen LogP contribution in [0.25, 0.3) is 22.3 Å². The number of nitrogens with one attached hydrogen (secondary N) is 2. The monoisotopic (exact) mass is 737 g/mol. The Balaban J connectivity index is 0.863. The predicted molar refractivity (Wildman–Crippen MR) is 217 cm³/mol. The SMILES string of the molecule is COC(=O)N[C@H](C(=O)N1CCC[C@H]1C1=NC=C(c2ccc(-c3ccc(C4=CN=C([C@@H]5C6CCC(C6)[C@H]5C(=O)NCc5ccccc5)C4)cc3)cc2)C1)C(C)C. The van der Waals surface area contributed by atoms with Crippen molar-refractivity contribution in [2.75, 3.05) is 13.7 Å². The topological polar surface area (TPSA) is 112 Å². The number of alkyl carbamates (subject to hydrolysis) is 1. The van der Waals surface area contributed by atoms with Gasteiger partial charge in [-0.25, -0.2) is 4.79 Å². The largest absolute Gasteiger partial charge is 0.453 e. The van der Waals surface area contributed by atoms with Crippen molar-refractivity contribution in [1.29, 1.82) is 0 Å². The lowest BCUT2D eigenvalue weighted by Crippen LogP contribution is -2.53. The zero-order chi connectivity index (χ0) is 38.1. The van der Waals surface area contributed by atoms with Gasteiger partial charge in [0.2, 0.25) is 11.8 Å². The van der Waals surface area contributed by atoms with Crippen LogP contribution in [0.5, 0.6) is 0 Å². The van der Waals surface area contributed by atoms with Gasteiger partial charge in [-0.15, -0.1) is 0 Å². The van der Waals surface area contributed by atoms with Gasteiger partial charge in [0.05, 0.1) is 13.2 Å². The summed E-state index contributed by atoms with van der Waals surface area (Å²) in [6.45, 7) is 5.08. The van der Waals surface area contributed by atoms with E-state index in [9.17, 15) is 14.4 Å². The van der Waals surface area contributed by atoms with E-state index < -0.39 is 12.1 Å². The number of allylic oxidation sites excluding steroid dienone is 2. The number of carbonyl (C=O) groups excluding carboxylic acids is 3. The molecule has 9 nitrogen and oxygen atoms in total. The third-order valence-corrected chi connectivity index (χ3v) is 12.6. The number of ether oxygens (including phenoxy) is 1. The Labute approximate surface area is 324 Å². The van der Waals surface area contributed by atoms with Crippen LogP contribution >= 0.6 is 0 Å². The molecule has 6 atom stereocenters. The number of aliphatic imine (C=N–C) groups is 2. The van der Waals surface area contributed by atoms with Crippen molar-refractivity contribution >= 4 is 40.5 Å². The molecule has 0 spiro atoms. The number of amides is 3. The average molecular weight is 738 g/mol. The predicted octanol–water partition coefficient (Wildman–Crippen LogP) is 8.08. The fourth-order valence-electron chi connectivity index (χ4n) is 9.71. The Hall–Kier alpha value is -5.31. The Morgan fingerprint density at radius 1 is 0.782 bits per heavy atom. The van der Waals surface area contributed by atoms with Crippen molar-refractivity contribution in [2.24, 2.45) is 39.6 Å². The molecule has 9 heteroatoms. The number of hydrogen-bond acceptors (Lipinski definition) is 6. The molecule has 8 rings (SSSR count). The molecule has 284 valence electrons. The van der Waals surface area contributed by atoms with Crippen molar-refractivity contribution < 1.29 is 19.1 Å². The number of hydrogen-bond donors (Lipinski definition) is 2. The molecule has 2 N–H and O–H groups in total. The van der Waals surface area contributed by atoms with Crippen LogP contribution < -0.4 is 10.6 Å². The summed E-state index contributed by atoms with van der Waals surface area (Å²) in [6, 6.07) is 26.8. The van der Waals surface area contributed by atoms with E-state index in [1.54, 1.807) is 0 Å². The van der Waals surface area contributed by atoms with Crippen LogP contribution in [-0.4, -0.2) is 60.0 Å². The van der Waals surface area contributed by atoms with Crippen molar-refractivity contribution in [1.82, 2.24) is 15.5 Å².